The number of hydrogen-bond donors (Lipinski definition) is 5. The van der Waals surface area contributed by atoms with Gasteiger partial charge in [-0.2, -0.15) is 0 Å². The minimum absolute atomic E-state index is 0.120. The summed E-state index contributed by atoms with van der Waals surface area (Å²) >= 11 is 3.17. The molecule has 0 bridgehead atoms. The van der Waals surface area contributed by atoms with Crippen LogP contribution in [-0.4, -0.2) is 44.3 Å². The molecule has 1 unspecified atom stereocenters. The molecule has 1 aromatic carbocycles. The molecule has 0 spiro atoms. The molecule has 27 heavy (non-hydrogen) atoms. The van der Waals surface area contributed by atoms with E-state index in [4.69, 9.17) is 15.6 Å². The molecule has 0 fully saturated rings. The lowest BCUT2D eigenvalue weighted by atomic mass is 9.94. The fourth-order valence-electron chi connectivity index (χ4n) is 2.36. The van der Waals surface area contributed by atoms with Crippen LogP contribution in [-0.2, 0) is 4.79 Å². The number of ether oxygens (including phenoxy) is 1. The molecule has 10 nitrogen and oxygen atoms in total. The number of aliphatic carboxylic acids is 1. The number of nitrogens with two attached hydrogens (primary N) is 1. The molecule has 6 N–H and O–H groups in total. The van der Waals surface area contributed by atoms with Crippen molar-refractivity contribution in [1.82, 2.24) is 4.98 Å². The average molecular weight is 441 g/mol. The number of H-pyrrole nitrogens is 1. The number of nitrogen functional groups attached to an aromatic ring is 1. The van der Waals surface area contributed by atoms with E-state index in [1.165, 1.54) is 25.1 Å². The quantitative estimate of drug-likeness (QED) is 0.445. The molecular formula is C16H13BrN2O8. The van der Waals surface area contributed by atoms with Crippen LogP contribution in [0, 0.1) is 0 Å². The van der Waals surface area contributed by atoms with Crippen LogP contribution in [0.2, 0.25) is 0 Å². The summed E-state index contributed by atoms with van der Waals surface area (Å²) in [5, 5.41) is 28.0. The SMILES string of the molecule is CC(Oc1ccc(Br)cc1-c1c(C(=O)O)c(N)[nH]c(=O)c1C(=O)O)C(=O)O. The maximum atomic E-state index is 12.1. The number of halogens is 1. The normalized spacial score (nSPS) is 11.6. The number of aromatic amines is 1. The van der Waals surface area contributed by atoms with Crippen molar-refractivity contribution >= 4 is 39.7 Å². The Kier molecular flexibility index (Phi) is 5.55. The average Bonchev–Trinajstić information content (AvgIpc) is 2.54. The summed E-state index contributed by atoms with van der Waals surface area (Å²) < 4.78 is 5.71. The Balaban J connectivity index is 2.95. The Morgan fingerprint density at radius 1 is 1.15 bits per heavy atom. The molecule has 142 valence electrons. The molecule has 1 atom stereocenters. The molecule has 0 saturated heterocycles. The van der Waals surface area contributed by atoms with Gasteiger partial charge in [-0.05, 0) is 25.1 Å². The van der Waals surface area contributed by atoms with Crippen LogP contribution in [0.5, 0.6) is 5.75 Å². The van der Waals surface area contributed by atoms with Gasteiger partial charge in [0, 0.05) is 15.6 Å². The topological polar surface area (TPSA) is 180 Å². The molecule has 2 rings (SSSR count). The number of nitrogens with one attached hydrogen (secondary N) is 1. The molecule has 0 aliphatic rings. The van der Waals surface area contributed by atoms with Gasteiger partial charge in [0.1, 0.15) is 22.7 Å². The molecule has 0 amide bonds. The third-order valence-corrected chi connectivity index (χ3v) is 4.03. The van der Waals surface area contributed by atoms with Crippen LogP contribution in [0.25, 0.3) is 11.1 Å². The molecule has 1 aromatic heterocycles. The van der Waals surface area contributed by atoms with Gasteiger partial charge in [-0.3, -0.25) is 4.79 Å². The van der Waals surface area contributed by atoms with Gasteiger partial charge < -0.3 is 30.8 Å². The van der Waals surface area contributed by atoms with Crippen molar-refractivity contribution in [3.8, 4) is 16.9 Å². The minimum atomic E-state index is -1.69. The van der Waals surface area contributed by atoms with Crippen LogP contribution < -0.4 is 16.0 Å². The van der Waals surface area contributed by atoms with Crippen LogP contribution >= 0.6 is 15.9 Å². The van der Waals surface area contributed by atoms with E-state index < -0.39 is 52.1 Å². The Morgan fingerprint density at radius 2 is 1.74 bits per heavy atom. The van der Waals surface area contributed by atoms with Gasteiger partial charge in [-0.25, -0.2) is 14.4 Å². The number of carbonyl (C=O) groups is 3. The molecule has 1 heterocycles. The van der Waals surface area contributed by atoms with Crippen LogP contribution in [0.15, 0.2) is 27.5 Å². The largest absolute Gasteiger partial charge is 0.479 e. The number of aromatic carboxylic acids is 2. The summed E-state index contributed by atoms with van der Waals surface area (Å²) in [7, 11) is 0. The van der Waals surface area contributed by atoms with Gasteiger partial charge in [-0.1, -0.05) is 15.9 Å². The van der Waals surface area contributed by atoms with E-state index in [1.807, 2.05) is 4.98 Å². The van der Waals surface area contributed by atoms with Gasteiger partial charge in [-0.15, -0.1) is 0 Å². The highest BCUT2D eigenvalue weighted by atomic mass is 79.9. The monoisotopic (exact) mass is 440 g/mol. The highest BCUT2D eigenvalue weighted by Crippen LogP contribution is 2.38. The molecule has 0 aliphatic heterocycles. The number of anilines is 1. The van der Waals surface area contributed by atoms with E-state index in [-0.39, 0.29) is 11.3 Å². The van der Waals surface area contributed by atoms with Gasteiger partial charge in [0.2, 0.25) is 0 Å². The van der Waals surface area contributed by atoms with Crippen LogP contribution in [0.3, 0.4) is 0 Å². The summed E-state index contributed by atoms with van der Waals surface area (Å²) in [6.45, 7) is 1.23. The highest BCUT2D eigenvalue weighted by molar-refractivity contribution is 9.10. The van der Waals surface area contributed by atoms with Gasteiger partial charge in [0.05, 0.1) is 0 Å². The van der Waals surface area contributed by atoms with Crippen LogP contribution in [0.1, 0.15) is 27.6 Å². The van der Waals surface area contributed by atoms with E-state index >= 15 is 0 Å². The first-order valence-corrected chi connectivity index (χ1v) is 8.05. The van der Waals surface area contributed by atoms with E-state index in [2.05, 4.69) is 15.9 Å². The standard InChI is InChI=1S/C16H13BrN2O8/c1-5(14(21)22)27-8-3-2-6(17)4-7(8)9-10(15(23)24)12(18)19-13(20)11(9)16(25)26/h2-5H,1H3,(H,21,22)(H,23,24)(H,25,26)(H3,18,19,20). The molecular weight excluding hydrogens is 428 g/mol. The fourth-order valence-corrected chi connectivity index (χ4v) is 2.72. The van der Waals surface area contributed by atoms with E-state index in [1.54, 1.807) is 0 Å². The zero-order valence-electron chi connectivity index (χ0n) is 13.6. The number of aromatic nitrogens is 1. The Hall–Kier alpha value is -3.34. The Bertz CT molecular complexity index is 1010. The van der Waals surface area contributed by atoms with Crippen molar-refractivity contribution in [3.63, 3.8) is 0 Å². The Labute approximate surface area is 159 Å². The van der Waals surface area contributed by atoms with E-state index in [0.717, 1.165) is 0 Å². The lowest BCUT2D eigenvalue weighted by Crippen LogP contribution is -2.25. The number of hydrogen-bond acceptors (Lipinski definition) is 6. The Morgan fingerprint density at radius 3 is 2.26 bits per heavy atom. The summed E-state index contributed by atoms with van der Waals surface area (Å²) in [6, 6.07) is 4.09. The first kappa shape index (κ1) is 20.0. The smallest absolute Gasteiger partial charge is 0.344 e. The predicted molar refractivity (Wildman–Crippen MR) is 96.3 cm³/mol. The number of carboxylic acid groups (broad SMARTS) is 3. The summed E-state index contributed by atoms with van der Waals surface area (Å²) in [4.78, 5) is 48.5. The zero-order valence-corrected chi connectivity index (χ0v) is 15.2. The molecule has 11 heteroatoms. The molecule has 0 saturated carbocycles. The number of benzene rings is 1. The first-order chi connectivity index (χ1) is 12.5. The minimum Gasteiger partial charge on any atom is -0.479 e. The third kappa shape index (κ3) is 3.92. The van der Waals surface area contributed by atoms with Gasteiger partial charge in [0.25, 0.3) is 5.56 Å². The zero-order chi connectivity index (χ0) is 20.5. The van der Waals surface area contributed by atoms with Crippen molar-refractivity contribution in [1.29, 1.82) is 0 Å². The molecule has 0 radical (unpaired) electrons. The first-order valence-electron chi connectivity index (χ1n) is 7.26. The van der Waals surface area contributed by atoms with E-state index in [0.29, 0.717) is 4.47 Å². The second-order valence-electron chi connectivity index (χ2n) is 5.34. The van der Waals surface area contributed by atoms with Crippen molar-refractivity contribution in [3.05, 3.63) is 44.2 Å². The maximum Gasteiger partial charge on any atom is 0.344 e. The van der Waals surface area contributed by atoms with Crippen molar-refractivity contribution in [2.75, 3.05) is 5.73 Å². The number of rotatable bonds is 6. The third-order valence-electron chi connectivity index (χ3n) is 3.53. The highest BCUT2D eigenvalue weighted by Gasteiger charge is 2.29. The predicted octanol–water partition coefficient (Wildman–Crippen LogP) is 1.63. The number of pyridine rings is 1. The second kappa shape index (κ2) is 7.50. The van der Waals surface area contributed by atoms with Gasteiger partial charge in [0.15, 0.2) is 6.10 Å². The fraction of sp³-hybridized carbons (Fsp3) is 0.125. The van der Waals surface area contributed by atoms with Crippen molar-refractivity contribution in [2.24, 2.45) is 0 Å². The lowest BCUT2D eigenvalue weighted by Gasteiger charge is -2.18. The van der Waals surface area contributed by atoms with Crippen molar-refractivity contribution < 1.29 is 34.4 Å². The summed E-state index contributed by atoms with van der Waals surface area (Å²) in [5.74, 6) is -5.26. The molecule has 0 aliphatic carbocycles. The van der Waals surface area contributed by atoms with Crippen LogP contribution in [0.4, 0.5) is 5.82 Å². The maximum absolute atomic E-state index is 12.1. The van der Waals surface area contributed by atoms with E-state index in [9.17, 15) is 29.4 Å². The number of carboxylic acids is 3. The lowest BCUT2D eigenvalue weighted by molar-refractivity contribution is -0.144. The van der Waals surface area contributed by atoms with Gasteiger partial charge >= 0.3 is 17.9 Å². The summed E-state index contributed by atoms with van der Waals surface area (Å²) in [5.41, 5.74) is 2.34. The van der Waals surface area contributed by atoms with Crippen molar-refractivity contribution in [2.45, 2.75) is 13.0 Å². The molecule has 2 aromatic rings. The second-order valence-corrected chi connectivity index (χ2v) is 6.26. The summed E-state index contributed by atoms with van der Waals surface area (Å²) in [6.07, 6.45) is -1.33.